The number of alkyl halides is 1. The van der Waals surface area contributed by atoms with Crippen molar-refractivity contribution in [1.82, 2.24) is 20.1 Å². The highest BCUT2D eigenvalue weighted by Gasteiger charge is 2.21. The van der Waals surface area contributed by atoms with Crippen LogP contribution < -0.4 is 15.5 Å². The molecule has 168 valence electrons. The van der Waals surface area contributed by atoms with Gasteiger partial charge in [0, 0.05) is 22.9 Å². The van der Waals surface area contributed by atoms with E-state index < -0.39 is 0 Å². The van der Waals surface area contributed by atoms with Crippen LogP contribution in [0.5, 0.6) is 0 Å². The summed E-state index contributed by atoms with van der Waals surface area (Å²) in [5.41, 5.74) is 4.74. The van der Waals surface area contributed by atoms with Crippen molar-refractivity contribution in [1.29, 1.82) is 0 Å². The van der Waals surface area contributed by atoms with E-state index in [1.165, 1.54) is 12.0 Å². The van der Waals surface area contributed by atoms with E-state index >= 15 is 0 Å². The van der Waals surface area contributed by atoms with Gasteiger partial charge in [-0.05, 0) is 42.3 Å². The third-order valence-electron chi connectivity index (χ3n) is 5.48. The van der Waals surface area contributed by atoms with Gasteiger partial charge in [0.2, 0.25) is 0 Å². The number of rotatable bonds is 6. The van der Waals surface area contributed by atoms with Crippen molar-refractivity contribution in [3.8, 4) is 5.69 Å². The Labute approximate surface area is 202 Å². The van der Waals surface area contributed by atoms with Crippen molar-refractivity contribution in [2.24, 2.45) is 0 Å². The summed E-state index contributed by atoms with van der Waals surface area (Å²) in [4.78, 5) is 19.2. The van der Waals surface area contributed by atoms with Crippen LogP contribution in [0.3, 0.4) is 0 Å². The second kappa shape index (κ2) is 9.48. The lowest BCUT2D eigenvalue weighted by Gasteiger charge is -2.31. The molecule has 7 nitrogen and oxygen atoms in total. The molecule has 0 bridgehead atoms. The molecule has 0 spiro atoms. The maximum Gasteiger partial charge on any atom is 0.319 e. The molecule has 4 rings (SSSR count). The second-order valence-corrected chi connectivity index (χ2v) is 9.80. The van der Waals surface area contributed by atoms with Crippen LogP contribution in [0, 0.1) is 0 Å². The first-order valence-corrected chi connectivity index (χ1v) is 12.4. The number of nitrogens with zero attached hydrogens (tertiary/aromatic N) is 4. The van der Waals surface area contributed by atoms with E-state index in [1.54, 1.807) is 6.20 Å². The van der Waals surface area contributed by atoms with E-state index in [0.717, 1.165) is 40.4 Å². The third kappa shape index (κ3) is 5.23. The highest BCUT2D eigenvalue weighted by Crippen LogP contribution is 2.24. The van der Waals surface area contributed by atoms with Crippen LogP contribution in [0.4, 0.5) is 16.3 Å². The predicted octanol–water partition coefficient (Wildman–Crippen LogP) is 5.03. The number of pyridine rings is 1. The summed E-state index contributed by atoms with van der Waals surface area (Å²) in [6.45, 7) is 8.88. The zero-order valence-corrected chi connectivity index (χ0v) is 20.9. The first-order valence-electron chi connectivity index (χ1n) is 10.8. The van der Waals surface area contributed by atoms with E-state index in [1.807, 2.05) is 28.9 Å². The Kier molecular flexibility index (Phi) is 6.68. The van der Waals surface area contributed by atoms with Crippen molar-refractivity contribution < 1.29 is 4.79 Å². The molecule has 2 amide bonds. The summed E-state index contributed by atoms with van der Waals surface area (Å²) in [6.07, 6.45) is 2.91. The molecular formula is C24H29IN6O. The fourth-order valence-electron chi connectivity index (χ4n) is 3.45. The Bertz CT molecular complexity index is 1080. The summed E-state index contributed by atoms with van der Waals surface area (Å²) >= 11 is 2.36. The maximum atomic E-state index is 12.5. The van der Waals surface area contributed by atoms with Gasteiger partial charge >= 0.3 is 6.03 Å². The molecule has 3 aromatic rings. The number of urea groups is 1. The lowest BCUT2D eigenvalue weighted by Crippen LogP contribution is -2.37. The molecule has 0 aliphatic carbocycles. The summed E-state index contributed by atoms with van der Waals surface area (Å²) in [5, 5.41) is 10.7. The number of anilines is 2. The van der Waals surface area contributed by atoms with Gasteiger partial charge in [0.25, 0.3) is 0 Å². The topological polar surface area (TPSA) is 75.1 Å². The van der Waals surface area contributed by atoms with Crippen molar-refractivity contribution in [2.75, 3.05) is 23.3 Å². The van der Waals surface area contributed by atoms with E-state index in [9.17, 15) is 4.79 Å². The van der Waals surface area contributed by atoms with E-state index in [0.29, 0.717) is 12.2 Å². The van der Waals surface area contributed by atoms with Crippen molar-refractivity contribution in [2.45, 2.75) is 43.6 Å². The van der Waals surface area contributed by atoms with Gasteiger partial charge in [-0.25, -0.2) is 14.5 Å². The van der Waals surface area contributed by atoms with Gasteiger partial charge in [0.15, 0.2) is 0 Å². The van der Waals surface area contributed by atoms with Crippen LogP contribution in [0.15, 0.2) is 48.7 Å². The third-order valence-corrected chi connectivity index (χ3v) is 6.36. The maximum absolute atomic E-state index is 12.5. The minimum atomic E-state index is -0.269. The van der Waals surface area contributed by atoms with E-state index in [2.05, 4.69) is 82.1 Å². The van der Waals surface area contributed by atoms with Gasteiger partial charge in [-0.1, -0.05) is 55.5 Å². The van der Waals surface area contributed by atoms with Gasteiger partial charge in [0.05, 0.1) is 35.5 Å². The van der Waals surface area contributed by atoms with Crippen LogP contribution >= 0.6 is 22.6 Å². The molecule has 1 aliphatic heterocycles. The average molecular weight is 544 g/mol. The number of nitrogens with one attached hydrogen (secondary N) is 2. The Morgan fingerprint density at radius 1 is 1.16 bits per heavy atom. The van der Waals surface area contributed by atoms with Gasteiger partial charge in [-0.3, -0.25) is 0 Å². The number of aromatic nitrogens is 3. The fraction of sp³-hybridized carbons (Fsp3) is 0.375. The molecule has 1 aromatic carbocycles. The number of halogens is 1. The highest BCUT2D eigenvalue weighted by molar-refractivity contribution is 14.1. The molecule has 0 saturated carbocycles. The van der Waals surface area contributed by atoms with Crippen molar-refractivity contribution in [3.05, 3.63) is 65.6 Å². The number of carbonyl (C=O) groups is 1. The van der Waals surface area contributed by atoms with Crippen molar-refractivity contribution >= 4 is 40.1 Å². The smallest absolute Gasteiger partial charge is 0.319 e. The predicted molar refractivity (Wildman–Crippen MR) is 137 cm³/mol. The lowest BCUT2D eigenvalue weighted by atomic mass is 9.92. The van der Waals surface area contributed by atoms with Crippen LogP contribution in [0.1, 0.15) is 44.1 Å². The second-order valence-electron chi connectivity index (χ2n) is 9.04. The molecule has 32 heavy (non-hydrogen) atoms. The number of amides is 2. The van der Waals surface area contributed by atoms with Crippen LogP contribution in [0.25, 0.3) is 5.69 Å². The van der Waals surface area contributed by atoms with Crippen LogP contribution in [-0.2, 0) is 16.4 Å². The molecule has 1 saturated heterocycles. The van der Waals surface area contributed by atoms with Gasteiger partial charge in [0.1, 0.15) is 5.82 Å². The van der Waals surface area contributed by atoms with Gasteiger partial charge in [-0.15, -0.1) is 0 Å². The van der Waals surface area contributed by atoms with Crippen LogP contribution in [0.2, 0.25) is 0 Å². The van der Waals surface area contributed by atoms with Crippen molar-refractivity contribution in [3.63, 3.8) is 0 Å². The first-order chi connectivity index (χ1) is 15.3. The van der Waals surface area contributed by atoms with E-state index in [4.69, 9.17) is 5.10 Å². The molecule has 8 heteroatoms. The standard InChI is InChI=1S/C24H29IN6O/c1-24(2,3)21-13-20(31(29-21)19-7-4-6-17(12-19)14-25)16-27-23(32)28-18-8-9-22(26-15-18)30-10-5-11-30/h4,6-9,12-13,15H,5,10-11,14,16H2,1-3H3,(H2,27,28,32). The minimum absolute atomic E-state index is 0.0903. The fourth-order valence-corrected chi connectivity index (χ4v) is 3.92. The Morgan fingerprint density at radius 2 is 1.97 bits per heavy atom. The molecule has 2 aromatic heterocycles. The monoisotopic (exact) mass is 544 g/mol. The molecule has 1 aliphatic rings. The average Bonchev–Trinajstić information content (AvgIpc) is 3.17. The summed E-state index contributed by atoms with van der Waals surface area (Å²) in [7, 11) is 0. The largest absolute Gasteiger partial charge is 0.356 e. The van der Waals surface area contributed by atoms with Gasteiger partial charge in [-0.2, -0.15) is 5.10 Å². The lowest BCUT2D eigenvalue weighted by molar-refractivity contribution is 0.251. The quantitative estimate of drug-likeness (QED) is 0.337. The number of hydrogen-bond acceptors (Lipinski definition) is 4. The summed E-state index contributed by atoms with van der Waals surface area (Å²) in [5.74, 6) is 0.953. The Balaban J connectivity index is 1.46. The Hall–Kier alpha value is -2.62. The van der Waals surface area contributed by atoms with Crippen LogP contribution in [-0.4, -0.2) is 33.9 Å². The summed E-state index contributed by atoms with van der Waals surface area (Å²) < 4.78 is 2.86. The zero-order chi connectivity index (χ0) is 22.7. The minimum Gasteiger partial charge on any atom is -0.356 e. The summed E-state index contributed by atoms with van der Waals surface area (Å²) in [6, 6.07) is 14.0. The normalized spacial score (nSPS) is 13.6. The molecule has 2 N–H and O–H groups in total. The molecular weight excluding hydrogens is 515 g/mol. The molecule has 0 atom stereocenters. The van der Waals surface area contributed by atoms with Gasteiger partial charge < -0.3 is 15.5 Å². The molecule has 3 heterocycles. The molecule has 0 unspecified atom stereocenters. The SMILES string of the molecule is CC(C)(C)c1cc(CNC(=O)Nc2ccc(N3CCC3)nc2)n(-c2cccc(CI)c2)n1. The number of hydrogen-bond donors (Lipinski definition) is 2. The number of benzene rings is 1. The highest BCUT2D eigenvalue weighted by atomic mass is 127. The number of carbonyl (C=O) groups excluding carboxylic acids is 1. The molecule has 0 radical (unpaired) electrons. The van der Waals surface area contributed by atoms with E-state index in [-0.39, 0.29) is 11.4 Å². The first kappa shape index (κ1) is 22.6. The Morgan fingerprint density at radius 3 is 2.59 bits per heavy atom. The molecule has 1 fully saturated rings. The zero-order valence-electron chi connectivity index (χ0n) is 18.7.